The Morgan fingerprint density at radius 1 is 1.29 bits per heavy atom. The summed E-state index contributed by atoms with van der Waals surface area (Å²) in [6.07, 6.45) is 2.54. The van der Waals surface area contributed by atoms with Gasteiger partial charge in [0.05, 0.1) is 6.61 Å². The molecular formula is C12H18O2. The molecule has 0 saturated heterocycles. The van der Waals surface area contributed by atoms with Crippen LogP contribution >= 0.6 is 0 Å². The normalized spacial score (nSPS) is 14.1. The van der Waals surface area contributed by atoms with Gasteiger partial charge in [0.25, 0.3) is 0 Å². The van der Waals surface area contributed by atoms with Crippen LogP contribution in [0.1, 0.15) is 26.7 Å². The van der Waals surface area contributed by atoms with Crippen molar-refractivity contribution < 1.29 is 9.84 Å². The van der Waals surface area contributed by atoms with E-state index in [-0.39, 0.29) is 5.75 Å². The Labute approximate surface area is 85.5 Å². The molecule has 2 heteroatoms. The Balaban J connectivity index is 0.000000461. The van der Waals surface area contributed by atoms with Gasteiger partial charge in [0.15, 0.2) is 11.5 Å². The zero-order valence-corrected chi connectivity index (χ0v) is 8.86. The van der Waals surface area contributed by atoms with E-state index in [2.05, 4.69) is 0 Å². The van der Waals surface area contributed by atoms with Gasteiger partial charge < -0.3 is 9.84 Å². The summed E-state index contributed by atoms with van der Waals surface area (Å²) in [4.78, 5) is 0. The zero-order valence-electron chi connectivity index (χ0n) is 8.86. The minimum atomic E-state index is 0.234. The largest absolute Gasteiger partial charge is 0.504 e. The summed E-state index contributed by atoms with van der Waals surface area (Å²) in [6, 6.07) is 7.08. The Hall–Kier alpha value is -1.18. The SMILES string of the molecule is CC.Oc1ccccc1OCC1CC1. The average Bonchev–Trinajstić information content (AvgIpc) is 3.04. The maximum atomic E-state index is 9.32. The third-order valence-corrected chi connectivity index (χ3v) is 2.04. The van der Waals surface area contributed by atoms with Gasteiger partial charge in [-0.05, 0) is 30.9 Å². The van der Waals surface area contributed by atoms with Crippen molar-refractivity contribution in [2.45, 2.75) is 26.7 Å². The van der Waals surface area contributed by atoms with Crippen LogP contribution in [-0.4, -0.2) is 11.7 Å². The van der Waals surface area contributed by atoms with Crippen molar-refractivity contribution >= 4 is 0 Å². The number of phenolic OH excluding ortho intramolecular Hbond substituents is 1. The molecule has 1 saturated carbocycles. The van der Waals surface area contributed by atoms with Crippen molar-refractivity contribution in [3.8, 4) is 11.5 Å². The van der Waals surface area contributed by atoms with Crippen molar-refractivity contribution in [1.82, 2.24) is 0 Å². The Morgan fingerprint density at radius 3 is 2.50 bits per heavy atom. The molecule has 0 atom stereocenters. The second kappa shape index (κ2) is 5.53. The smallest absolute Gasteiger partial charge is 0.160 e. The van der Waals surface area contributed by atoms with Crippen LogP contribution in [0.15, 0.2) is 24.3 Å². The number of ether oxygens (including phenoxy) is 1. The summed E-state index contributed by atoms with van der Waals surface area (Å²) < 4.78 is 5.41. The van der Waals surface area contributed by atoms with Gasteiger partial charge in [-0.1, -0.05) is 26.0 Å². The van der Waals surface area contributed by atoms with E-state index in [1.807, 2.05) is 19.9 Å². The summed E-state index contributed by atoms with van der Waals surface area (Å²) in [5.41, 5.74) is 0. The van der Waals surface area contributed by atoms with Crippen molar-refractivity contribution in [1.29, 1.82) is 0 Å². The van der Waals surface area contributed by atoms with Gasteiger partial charge in [-0.3, -0.25) is 0 Å². The van der Waals surface area contributed by atoms with Gasteiger partial charge >= 0.3 is 0 Å². The Bertz CT molecular complexity index is 267. The summed E-state index contributed by atoms with van der Waals surface area (Å²) >= 11 is 0. The van der Waals surface area contributed by atoms with Crippen LogP contribution in [0.25, 0.3) is 0 Å². The van der Waals surface area contributed by atoms with E-state index in [1.165, 1.54) is 12.8 Å². The second-order valence-corrected chi connectivity index (χ2v) is 3.22. The average molecular weight is 194 g/mol. The topological polar surface area (TPSA) is 29.5 Å². The highest BCUT2D eigenvalue weighted by Crippen LogP contribution is 2.31. The molecule has 1 aliphatic carbocycles. The molecule has 0 radical (unpaired) electrons. The Morgan fingerprint density at radius 2 is 1.93 bits per heavy atom. The van der Waals surface area contributed by atoms with Crippen LogP contribution in [0.5, 0.6) is 11.5 Å². The number of rotatable bonds is 3. The lowest BCUT2D eigenvalue weighted by Gasteiger charge is -2.05. The zero-order chi connectivity index (χ0) is 10.4. The lowest BCUT2D eigenvalue weighted by molar-refractivity contribution is 0.284. The van der Waals surface area contributed by atoms with E-state index >= 15 is 0 Å². The molecule has 1 fully saturated rings. The number of hydrogen-bond donors (Lipinski definition) is 1. The highest BCUT2D eigenvalue weighted by molar-refractivity contribution is 5.37. The highest BCUT2D eigenvalue weighted by atomic mass is 16.5. The van der Waals surface area contributed by atoms with E-state index in [4.69, 9.17) is 4.74 Å². The lowest BCUT2D eigenvalue weighted by Crippen LogP contribution is -1.98. The highest BCUT2D eigenvalue weighted by Gasteiger charge is 2.22. The van der Waals surface area contributed by atoms with Gasteiger partial charge in [-0.25, -0.2) is 0 Å². The molecule has 14 heavy (non-hydrogen) atoms. The molecule has 0 unspecified atom stereocenters. The number of aromatic hydroxyl groups is 1. The predicted octanol–water partition coefficient (Wildman–Crippen LogP) is 3.21. The van der Waals surface area contributed by atoms with Gasteiger partial charge in [0.1, 0.15) is 0 Å². The maximum Gasteiger partial charge on any atom is 0.160 e. The molecule has 78 valence electrons. The van der Waals surface area contributed by atoms with Crippen LogP contribution in [0.2, 0.25) is 0 Å². The third kappa shape index (κ3) is 3.29. The molecule has 0 spiro atoms. The number of phenols is 1. The molecule has 1 aromatic rings. The van der Waals surface area contributed by atoms with Gasteiger partial charge in [-0.15, -0.1) is 0 Å². The molecule has 0 aromatic heterocycles. The number of hydrogen-bond acceptors (Lipinski definition) is 2. The van der Waals surface area contributed by atoms with Crippen molar-refractivity contribution in [3.63, 3.8) is 0 Å². The molecule has 0 bridgehead atoms. The van der Waals surface area contributed by atoms with Gasteiger partial charge in [0, 0.05) is 0 Å². The molecule has 2 nitrogen and oxygen atoms in total. The molecule has 0 heterocycles. The quantitative estimate of drug-likeness (QED) is 0.800. The monoisotopic (exact) mass is 194 g/mol. The maximum absolute atomic E-state index is 9.32. The molecule has 0 amide bonds. The van der Waals surface area contributed by atoms with Crippen LogP contribution in [0, 0.1) is 5.92 Å². The summed E-state index contributed by atoms with van der Waals surface area (Å²) in [7, 11) is 0. The Kier molecular flexibility index (Phi) is 4.30. The molecule has 2 rings (SSSR count). The van der Waals surface area contributed by atoms with Crippen molar-refractivity contribution in [3.05, 3.63) is 24.3 Å². The first-order valence-corrected chi connectivity index (χ1v) is 5.27. The lowest BCUT2D eigenvalue weighted by atomic mass is 10.3. The first-order chi connectivity index (χ1) is 6.86. The van der Waals surface area contributed by atoms with E-state index in [1.54, 1.807) is 18.2 Å². The summed E-state index contributed by atoms with van der Waals surface area (Å²) in [5.74, 6) is 1.56. The minimum Gasteiger partial charge on any atom is -0.504 e. The summed E-state index contributed by atoms with van der Waals surface area (Å²) in [5, 5.41) is 9.32. The molecule has 1 aliphatic rings. The van der Waals surface area contributed by atoms with E-state index in [0.29, 0.717) is 5.75 Å². The minimum absolute atomic E-state index is 0.234. The number of para-hydroxylation sites is 2. The fourth-order valence-corrected chi connectivity index (χ4v) is 1.07. The summed E-state index contributed by atoms with van der Waals surface area (Å²) in [6.45, 7) is 4.75. The van der Waals surface area contributed by atoms with Crippen LogP contribution in [0.3, 0.4) is 0 Å². The van der Waals surface area contributed by atoms with E-state index in [0.717, 1.165) is 12.5 Å². The second-order valence-electron chi connectivity index (χ2n) is 3.22. The van der Waals surface area contributed by atoms with Gasteiger partial charge in [-0.2, -0.15) is 0 Å². The van der Waals surface area contributed by atoms with E-state index < -0.39 is 0 Å². The molecule has 1 N–H and O–H groups in total. The van der Waals surface area contributed by atoms with Crippen molar-refractivity contribution in [2.75, 3.05) is 6.61 Å². The fraction of sp³-hybridized carbons (Fsp3) is 0.500. The first kappa shape index (κ1) is 10.9. The first-order valence-electron chi connectivity index (χ1n) is 5.27. The van der Waals surface area contributed by atoms with Crippen LogP contribution < -0.4 is 4.74 Å². The standard InChI is InChI=1S/C10H12O2.C2H6/c11-9-3-1-2-4-10(9)12-7-8-5-6-8;1-2/h1-4,8,11H,5-7H2;1-2H3. The van der Waals surface area contributed by atoms with Crippen molar-refractivity contribution in [2.24, 2.45) is 5.92 Å². The third-order valence-electron chi connectivity index (χ3n) is 2.04. The van der Waals surface area contributed by atoms with E-state index in [9.17, 15) is 5.11 Å². The molecule has 1 aromatic carbocycles. The van der Waals surface area contributed by atoms with Crippen LogP contribution in [0.4, 0.5) is 0 Å². The molecular weight excluding hydrogens is 176 g/mol. The van der Waals surface area contributed by atoms with Crippen LogP contribution in [-0.2, 0) is 0 Å². The fourth-order valence-electron chi connectivity index (χ4n) is 1.07. The van der Waals surface area contributed by atoms with Gasteiger partial charge in [0.2, 0.25) is 0 Å². The molecule has 0 aliphatic heterocycles. The predicted molar refractivity (Wildman–Crippen MR) is 57.7 cm³/mol. The number of benzene rings is 1.